The molecular formula is C10H20N2O5. The van der Waals surface area contributed by atoms with Crippen LogP contribution in [0.25, 0.3) is 0 Å². The Morgan fingerprint density at radius 1 is 0.882 bits per heavy atom. The van der Waals surface area contributed by atoms with Crippen molar-refractivity contribution in [2.45, 2.75) is 39.8 Å². The molecule has 0 radical (unpaired) electrons. The summed E-state index contributed by atoms with van der Waals surface area (Å²) < 4.78 is 0. The highest BCUT2D eigenvalue weighted by Gasteiger charge is 2.24. The molecule has 0 fully saturated rings. The van der Waals surface area contributed by atoms with Crippen LogP contribution in [0.1, 0.15) is 27.7 Å². The van der Waals surface area contributed by atoms with E-state index in [1.807, 2.05) is 0 Å². The maximum atomic E-state index is 10.8. The van der Waals surface area contributed by atoms with Crippen molar-refractivity contribution in [2.75, 3.05) is 0 Å². The van der Waals surface area contributed by atoms with E-state index in [0.29, 0.717) is 0 Å². The van der Waals surface area contributed by atoms with Crippen molar-refractivity contribution in [2.24, 2.45) is 11.8 Å². The van der Waals surface area contributed by atoms with Gasteiger partial charge in [0.15, 0.2) is 0 Å². The van der Waals surface area contributed by atoms with Gasteiger partial charge in [-0.3, -0.25) is 9.59 Å². The Balaban J connectivity index is 4.19. The lowest BCUT2D eigenvalue weighted by molar-refractivity contribution is -0.158. The zero-order chi connectivity index (χ0) is 13.6. The van der Waals surface area contributed by atoms with Gasteiger partial charge in [-0.15, -0.1) is 0 Å². The van der Waals surface area contributed by atoms with Crippen molar-refractivity contribution in [3.8, 4) is 0 Å². The molecule has 100 valence electrons. The first-order valence-corrected chi connectivity index (χ1v) is 5.39. The van der Waals surface area contributed by atoms with Crippen molar-refractivity contribution in [3.63, 3.8) is 0 Å². The first-order valence-electron chi connectivity index (χ1n) is 5.39. The van der Waals surface area contributed by atoms with Crippen molar-refractivity contribution in [1.82, 2.24) is 11.0 Å². The van der Waals surface area contributed by atoms with Crippen LogP contribution < -0.4 is 11.0 Å². The second-order valence-electron chi connectivity index (χ2n) is 4.46. The molecule has 7 heteroatoms. The number of carboxylic acids is 2. The predicted molar refractivity (Wildman–Crippen MR) is 59.9 cm³/mol. The predicted octanol–water partition coefficient (Wildman–Crippen LogP) is 0.231. The molecule has 0 amide bonds. The number of nitrogens with one attached hydrogen (secondary N) is 2. The fourth-order valence-electron chi connectivity index (χ4n) is 1.10. The van der Waals surface area contributed by atoms with Crippen molar-refractivity contribution in [1.29, 1.82) is 0 Å². The number of carboxylic acid groups (broad SMARTS) is 2. The topological polar surface area (TPSA) is 108 Å². The minimum Gasteiger partial charge on any atom is -0.480 e. The van der Waals surface area contributed by atoms with Crippen LogP contribution in [0.5, 0.6) is 0 Å². The van der Waals surface area contributed by atoms with Crippen LogP contribution in [0.4, 0.5) is 0 Å². The van der Waals surface area contributed by atoms with Crippen LogP contribution in [-0.4, -0.2) is 34.2 Å². The summed E-state index contributed by atoms with van der Waals surface area (Å²) in [4.78, 5) is 26.3. The van der Waals surface area contributed by atoms with E-state index in [-0.39, 0.29) is 11.8 Å². The lowest BCUT2D eigenvalue weighted by Gasteiger charge is -2.21. The minimum atomic E-state index is -1.06. The molecular weight excluding hydrogens is 228 g/mol. The molecule has 0 aromatic rings. The molecule has 0 aliphatic heterocycles. The van der Waals surface area contributed by atoms with Gasteiger partial charge in [-0.2, -0.15) is 11.0 Å². The van der Waals surface area contributed by atoms with E-state index in [1.54, 1.807) is 27.7 Å². The summed E-state index contributed by atoms with van der Waals surface area (Å²) in [5, 5.41) is 17.7. The summed E-state index contributed by atoms with van der Waals surface area (Å²) in [6.07, 6.45) is 0. The molecule has 0 heterocycles. The Morgan fingerprint density at radius 2 is 1.18 bits per heavy atom. The van der Waals surface area contributed by atoms with Crippen LogP contribution in [-0.2, 0) is 14.5 Å². The number of aliphatic carboxylic acids is 2. The fraction of sp³-hybridized carbons (Fsp3) is 0.800. The number of hydrogen-bond donors (Lipinski definition) is 4. The Kier molecular flexibility index (Phi) is 6.71. The average Bonchev–Trinajstić information content (AvgIpc) is 2.14. The maximum absolute atomic E-state index is 10.8. The van der Waals surface area contributed by atoms with Crippen molar-refractivity contribution in [3.05, 3.63) is 0 Å². The standard InChI is InChI=1S/C10H20N2O5/c1-5(2)7(9(13)14)11-17-12-8(6(3)4)10(15)16/h5-8,11-12H,1-4H3,(H,13,14)(H,15,16)/t7-,8-/m0/s1. The zero-order valence-electron chi connectivity index (χ0n) is 10.4. The molecule has 7 nitrogen and oxygen atoms in total. The highest BCUT2D eigenvalue weighted by molar-refractivity contribution is 5.74. The summed E-state index contributed by atoms with van der Waals surface area (Å²) in [6, 6.07) is -1.80. The Morgan fingerprint density at radius 3 is 1.35 bits per heavy atom. The van der Waals surface area contributed by atoms with Gasteiger partial charge in [0.25, 0.3) is 0 Å². The molecule has 0 bridgehead atoms. The number of carbonyl (C=O) groups is 2. The van der Waals surface area contributed by atoms with Crippen LogP contribution in [0.15, 0.2) is 0 Å². The average molecular weight is 248 g/mol. The van der Waals surface area contributed by atoms with Gasteiger partial charge in [-0.25, -0.2) is 4.94 Å². The van der Waals surface area contributed by atoms with E-state index < -0.39 is 24.0 Å². The van der Waals surface area contributed by atoms with Crippen LogP contribution in [0, 0.1) is 11.8 Å². The van der Waals surface area contributed by atoms with Crippen LogP contribution in [0.3, 0.4) is 0 Å². The Bertz CT molecular complexity index is 241. The molecule has 0 aliphatic carbocycles. The first-order chi connectivity index (χ1) is 7.77. The fourth-order valence-corrected chi connectivity index (χ4v) is 1.10. The molecule has 0 unspecified atom stereocenters. The number of hydroxylamine groups is 2. The summed E-state index contributed by atoms with van der Waals surface area (Å²) in [7, 11) is 0. The quantitative estimate of drug-likeness (QED) is 0.455. The van der Waals surface area contributed by atoms with E-state index in [0.717, 1.165) is 0 Å². The molecule has 0 aromatic carbocycles. The highest BCUT2D eigenvalue weighted by Crippen LogP contribution is 2.03. The normalized spacial score (nSPS) is 14.9. The molecule has 0 aliphatic rings. The Hall–Kier alpha value is -1.18. The monoisotopic (exact) mass is 248 g/mol. The van der Waals surface area contributed by atoms with Gasteiger partial charge in [-0.05, 0) is 11.8 Å². The van der Waals surface area contributed by atoms with E-state index in [2.05, 4.69) is 11.0 Å². The zero-order valence-corrected chi connectivity index (χ0v) is 10.4. The van der Waals surface area contributed by atoms with Gasteiger partial charge in [0.1, 0.15) is 12.1 Å². The lowest BCUT2D eigenvalue weighted by Crippen LogP contribution is -2.49. The van der Waals surface area contributed by atoms with Crippen LogP contribution >= 0.6 is 0 Å². The molecule has 0 saturated heterocycles. The third-order valence-electron chi connectivity index (χ3n) is 2.24. The molecule has 0 aromatic heterocycles. The largest absolute Gasteiger partial charge is 0.480 e. The van der Waals surface area contributed by atoms with Crippen molar-refractivity contribution >= 4 is 11.9 Å². The first kappa shape index (κ1) is 15.8. The molecule has 0 rings (SSSR count). The summed E-state index contributed by atoms with van der Waals surface area (Å²) in [5.41, 5.74) is 4.57. The molecule has 2 atom stereocenters. The third-order valence-corrected chi connectivity index (χ3v) is 2.24. The van der Waals surface area contributed by atoms with Crippen molar-refractivity contribution < 1.29 is 24.7 Å². The summed E-state index contributed by atoms with van der Waals surface area (Å²) in [6.45, 7) is 6.86. The second kappa shape index (κ2) is 7.21. The van der Waals surface area contributed by atoms with Gasteiger partial charge in [0, 0.05) is 0 Å². The van der Waals surface area contributed by atoms with E-state index in [1.165, 1.54) is 0 Å². The molecule has 17 heavy (non-hydrogen) atoms. The third kappa shape index (κ3) is 5.62. The van der Waals surface area contributed by atoms with Gasteiger partial charge in [0.05, 0.1) is 0 Å². The number of rotatable bonds is 8. The number of hydrogen-bond acceptors (Lipinski definition) is 5. The lowest BCUT2D eigenvalue weighted by atomic mass is 10.1. The molecule has 0 spiro atoms. The second-order valence-corrected chi connectivity index (χ2v) is 4.46. The van der Waals surface area contributed by atoms with E-state index in [4.69, 9.17) is 15.2 Å². The molecule has 0 saturated carbocycles. The smallest absolute Gasteiger partial charge is 0.323 e. The van der Waals surface area contributed by atoms with Gasteiger partial charge < -0.3 is 10.2 Å². The Labute approximate surface area is 100 Å². The van der Waals surface area contributed by atoms with Gasteiger partial charge in [0.2, 0.25) is 0 Å². The van der Waals surface area contributed by atoms with E-state index in [9.17, 15) is 9.59 Å². The van der Waals surface area contributed by atoms with Gasteiger partial charge in [-0.1, -0.05) is 27.7 Å². The maximum Gasteiger partial charge on any atom is 0.323 e. The minimum absolute atomic E-state index is 0.184. The summed E-state index contributed by atoms with van der Waals surface area (Å²) >= 11 is 0. The SMILES string of the molecule is CC(C)[C@H](NON[C@H](C(=O)O)C(C)C)C(=O)O. The van der Waals surface area contributed by atoms with E-state index >= 15 is 0 Å². The molecule has 4 N–H and O–H groups in total. The summed E-state index contributed by atoms with van der Waals surface area (Å²) in [5.74, 6) is -2.48. The van der Waals surface area contributed by atoms with Crippen LogP contribution in [0.2, 0.25) is 0 Å². The highest BCUT2D eigenvalue weighted by atomic mass is 16.8. The van der Waals surface area contributed by atoms with Gasteiger partial charge >= 0.3 is 11.9 Å².